The van der Waals surface area contributed by atoms with E-state index in [9.17, 15) is 4.79 Å². The number of fused-ring (bicyclic) bond motifs is 1. The first kappa shape index (κ1) is 20.5. The van der Waals surface area contributed by atoms with E-state index in [-0.39, 0.29) is 11.8 Å². The second-order valence-corrected chi connectivity index (χ2v) is 9.04. The Bertz CT molecular complexity index is 1130. The van der Waals surface area contributed by atoms with E-state index in [1.165, 1.54) is 22.7 Å². The minimum absolute atomic E-state index is 0.00575. The normalized spacial score (nSPS) is 12.1. The fourth-order valence-electron chi connectivity index (χ4n) is 3.42. The van der Waals surface area contributed by atoms with Crippen LogP contribution in [0, 0.1) is 6.92 Å². The van der Waals surface area contributed by atoms with Gasteiger partial charge in [0.25, 0.3) is 0 Å². The van der Waals surface area contributed by atoms with Gasteiger partial charge in [0.05, 0.1) is 12.9 Å². The van der Waals surface area contributed by atoms with Crippen molar-refractivity contribution in [3.63, 3.8) is 0 Å². The number of thioether (sulfide) groups is 1. The molecule has 0 bridgehead atoms. The number of amides is 1. The quantitative estimate of drug-likeness (QED) is 0.382. The average Bonchev–Trinajstić information content (AvgIpc) is 3.39. The predicted molar refractivity (Wildman–Crippen MR) is 124 cm³/mol. The van der Waals surface area contributed by atoms with E-state index in [0.717, 1.165) is 26.9 Å². The summed E-state index contributed by atoms with van der Waals surface area (Å²) < 4.78 is 6.22. The molecule has 30 heavy (non-hydrogen) atoms. The number of para-hydroxylation sites is 1. The first-order valence-electron chi connectivity index (χ1n) is 9.65. The molecule has 154 valence electrons. The molecule has 5 nitrogen and oxygen atoms in total. The summed E-state index contributed by atoms with van der Waals surface area (Å²) in [5, 5.41) is 6.28. The molecule has 4 rings (SSSR count). The van der Waals surface area contributed by atoms with Crippen molar-refractivity contribution in [2.45, 2.75) is 17.2 Å². The summed E-state index contributed by atoms with van der Waals surface area (Å²) in [5.74, 6) is 1.21. The molecule has 2 aromatic carbocycles. The molecule has 0 spiro atoms. The van der Waals surface area contributed by atoms with Gasteiger partial charge in [-0.2, -0.15) is 0 Å². The van der Waals surface area contributed by atoms with Gasteiger partial charge in [-0.3, -0.25) is 4.79 Å². The second kappa shape index (κ2) is 9.36. The van der Waals surface area contributed by atoms with Gasteiger partial charge in [0.15, 0.2) is 4.34 Å². The number of ether oxygens (including phenoxy) is 1. The van der Waals surface area contributed by atoms with Crippen molar-refractivity contribution >= 4 is 39.9 Å². The molecule has 0 saturated heterocycles. The zero-order valence-electron chi connectivity index (χ0n) is 16.8. The first-order valence-corrected chi connectivity index (χ1v) is 11.5. The number of hydrogen-bond donors (Lipinski definition) is 2. The molecule has 0 aliphatic carbocycles. The average molecular weight is 438 g/mol. The minimum atomic E-state index is 0.00575. The lowest BCUT2D eigenvalue weighted by atomic mass is 9.91. The Labute approximate surface area is 183 Å². The Hall–Kier alpha value is -2.77. The van der Waals surface area contributed by atoms with Crippen LogP contribution in [0.2, 0.25) is 0 Å². The minimum Gasteiger partial charge on any atom is -0.497 e. The SMILES string of the molecule is COc1ccc(C(CNC(=O)CSc2nc(C)cs2)c2c[nH]c3ccccc23)cc1. The highest BCUT2D eigenvalue weighted by atomic mass is 32.2. The van der Waals surface area contributed by atoms with Crippen LogP contribution in [0.15, 0.2) is 64.4 Å². The molecule has 0 radical (unpaired) electrons. The molecule has 7 heteroatoms. The van der Waals surface area contributed by atoms with Gasteiger partial charge in [-0.1, -0.05) is 42.1 Å². The summed E-state index contributed by atoms with van der Waals surface area (Å²) in [6.45, 7) is 2.48. The van der Waals surface area contributed by atoms with Gasteiger partial charge in [-0.25, -0.2) is 4.98 Å². The van der Waals surface area contributed by atoms with Crippen LogP contribution in [0.5, 0.6) is 5.75 Å². The van der Waals surface area contributed by atoms with Crippen molar-refractivity contribution in [3.05, 3.63) is 76.9 Å². The summed E-state index contributed by atoms with van der Waals surface area (Å²) in [4.78, 5) is 20.3. The van der Waals surface area contributed by atoms with Crippen LogP contribution in [-0.4, -0.2) is 35.3 Å². The molecule has 0 aliphatic heterocycles. The smallest absolute Gasteiger partial charge is 0.230 e. The topological polar surface area (TPSA) is 67.0 Å². The van der Waals surface area contributed by atoms with Crippen LogP contribution in [0.3, 0.4) is 0 Å². The Balaban J connectivity index is 1.52. The van der Waals surface area contributed by atoms with E-state index in [1.807, 2.05) is 42.8 Å². The lowest BCUT2D eigenvalue weighted by Crippen LogP contribution is -2.30. The van der Waals surface area contributed by atoms with E-state index in [0.29, 0.717) is 12.3 Å². The third-order valence-electron chi connectivity index (χ3n) is 4.94. The van der Waals surface area contributed by atoms with Crippen LogP contribution in [0.4, 0.5) is 0 Å². The molecule has 4 aromatic rings. The Kier molecular flexibility index (Phi) is 6.40. The maximum Gasteiger partial charge on any atom is 0.230 e. The molecule has 1 atom stereocenters. The number of thiazole rings is 1. The molecule has 2 N–H and O–H groups in total. The molecule has 0 fully saturated rings. The number of nitrogens with zero attached hydrogens (tertiary/aromatic N) is 1. The van der Waals surface area contributed by atoms with Crippen molar-refractivity contribution in [1.82, 2.24) is 15.3 Å². The molecule has 2 heterocycles. The van der Waals surface area contributed by atoms with E-state index in [2.05, 4.69) is 39.6 Å². The molecule has 1 unspecified atom stereocenters. The zero-order chi connectivity index (χ0) is 20.9. The number of aryl methyl sites for hydroxylation is 1. The Morgan fingerprint density at radius 1 is 1.23 bits per heavy atom. The second-order valence-electron chi connectivity index (χ2n) is 6.96. The number of rotatable bonds is 8. The van der Waals surface area contributed by atoms with Crippen molar-refractivity contribution in [3.8, 4) is 5.75 Å². The number of nitrogens with one attached hydrogen (secondary N) is 2. The lowest BCUT2D eigenvalue weighted by molar-refractivity contribution is -0.118. The molecular formula is C23H23N3O2S2. The predicted octanol–water partition coefficient (Wildman–Crippen LogP) is 4.98. The third kappa shape index (κ3) is 4.68. The maximum absolute atomic E-state index is 12.5. The van der Waals surface area contributed by atoms with Gasteiger partial charge in [0, 0.05) is 40.6 Å². The summed E-state index contributed by atoms with van der Waals surface area (Å²) in [7, 11) is 1.66. The Morgan fingerprint density at radius 2 is 2.03 bits per heavy atom. The highest BCUT2D eigenvalue weighted by Gasteiger charge is 2.19. The van der Waals surface area contributed by atoms with Gasteiger partial charge in [0.1, 0.15) is 5.75 Å². The number of carbonyl (C=O) groups is 1. The molecule has 2 aromatic heterocycles. The summed E-state index contributed by atoms with van der Waals surface area (Å²) in [5.41, 5.74) is 4.37. The van der Waals surface area contributed by atoms with E-state index < -0.39 is 0 Å². The summed E-state index contributed by atoms with van der Waals surface area (Å²) in [6, 6.07) is 16.3. The van der Waals surface area contributed by atoms with Gasteiger partial charge < -0.3 is 15.0 Å². The maximum atomic E-state index is 12.5. The van der Waals surface area contributed by atoms with Crippen molar-refractivity contribution in [2.75, 3.05) is 19.4 Å². The van der Waals surface area contributed by atoms with Crippen LogP contribution < -0.4 is 10.1 Å². The van der Waals surface area contributed by atoms with Gasteiger partial charge in [0.2, 0.25) is 5.91 Å². The fraction of sp³-hybridized carbons (Fsp3) is 0.217. The summed E-state index contributed by atoms with van der Waals surface area (Å²) in [6.07, 6.45) is 2.04. The number of aromatic amines is 1. The van der Waals surface area contributed by atoms with Crippen molar-refractivity contribution in [2.24, 2.45) is 0 Å². The first-order chi connectivity index (χ1) is 14.6. The molecule has 0 aliphatic rings. The lowest BCUT2D eigenvalue weighted by Gasteiger charge is -2.18. The van der Waals surface area contributed by atoms with Crippen LogP contribution in [0.25, 0.3) is 10.9 Å². The van der Waals surface area contributed by atoms with Crippen molar-refractivity contribution < 1.29 is 9.53 Å². The highest BCUT2D eigenvalue weighted by molar-refractivity contribution is 8.01. The summed E-state index contributed by atoms with van der Waals surface area (Å²) >= 11 is 3.05. The number of carbonyl (C=O) groups excluding carboxylic acids is 1. The fourth-order valence-corrected chi connectivity index (χ4v) is 5.10. The van der Waals surface area contributed by atoms with Crippen LogP contribution in [0.1, 0.15) is 22.7 Å². The van der Waals surface area contributed by atoms with E-state index in [1.54, 1.807) is 18.4 Å². The largest absolute Gasteiger partial charge is 0.497 e. The highest BCUT2D eigenvalue weighted by Crippen LogP contribution is 2.31. The van der Waals surface area contributed by atoms with Gasteiger partial charge in [-0.05, 0) is 36.2 Å². The molecule has 1 amide bonds. The number of aromatic nitrogens is 2. The standard InChI is InChI=1S/C23H23N3O2S2/c1-15-13-29-23(26-15)30-14-22(27)25-11-19(16-7-9-17(28-2)10-8-16)20-12-24-21-6-4-3-5-18(20)21/h3-10,12-13,19,24H,11,14H2,1-2H3,(H,25,27). The number of benzene rings is 2. The van der Waals surface area contributed by atoms with Crippen LogP contribution >= 0.6 is 23.1 Å². The van der Waals surface area contributed by atoms with Gasteiger partial charge >= 0.3 is 0 Å². The van der Waals surface area contributed by atoms with Crippen LogP contribution in [-0.2, 0) is 4.79 Å². The monoisotopic (exact) mass is 437 g/mol. The number of H-pyrrole nitrogens is 1. The number of hydrogen-bond acceptors (Lipinski definition) is 5. The number of methoxy groups -OCH3 is 1. The Morgan fingerprint density at radius 3 is 2.77 bits per heavy atom. The zero-order valence-corrected chi connectivity index (χ0v) is 18.5. The third-order valence-corrected chi connectivity index (χ3v) is 7.08. The van der Waals surface area contributed by atoms with E-state index >= 15 is 0 Å². The van der Waals surface area contributed by atoms with Gasteiger partial charge in [-0.15, -0.1) is 11.3 Å². The van der Waals surface area contributed by atoms with Crippen molar-refractivity contribution in [1.29, 1.82) is 0 Å². The molecule has 0 saturated carbocycles. The molecular weight excluding hydrogens is 414 g/mol. The van der Waals surface area contributed by atoms with E-state index in [4.69, 9.17) is 4.74 Å².